The first kappa shape index (κ1) is 12.8. The van der Waals surface area contributed by atoms with Crippen molar-refractivity contribution in [3.63, 3.8) is 0 Å². The molecule has 0 spiro atoms. The van der Waals surface area contributed by atoms with E-state index in [0.29, 0.717) is 0 Å². The van der Waals surface area contributed by atoms with Gasteiger partial charge >= 0.3 is 0 Å². The van der Waals surface area contributed by atoms with Gasteiger partial charge in [0.2, 0.25) is 5.79 Å². The molecule has 1 aliphatic heterocycles. The van der Waals surface area contributed by atoms with Crippen LogP contribution < -0.4 is 0 Å². The molecule has 0 aliphatic carbocycles. The van der Waals surface area contributed by atoms with Gasteiger partial charge < -0.3 is 34.6 Å². The minimum absolute atomic E-state index is 0.860. The maximum atomic E-state index is 9.62. The van der Waals surface area contributed by atoms with E-state index in [4.69, 9.17) is 19.3 Å². The molecule has 0 radical (unpaired) electrons. The predicted octanol–water partition coefficient (Wildman–Crippen LogP) is -2.59. The van der Waals surface area contributed by atoms with Gasteiger partial charge in [-0.3, -0.25) is 0 Å². The Kier molecular flexibility index (Phi) is 4.01. The largest absolute Gasteiger partial charge is 0.391 e. The van der Waals surface area contributed by atoms with Crippen LogP contribution in [0, 0.1) is 0 Å². The van der Waals surface area contributed by atoms with E-state index >= 15 is 0 Å². The third-order valence-corrected chi connectivity index (χ3v) is 2.44. The molecule has 1 saturated heterocycles. The van der Waals surface area contributed by atoms with Gasteiger partial charge in [0, 0.05) is 14.2 Å². The summed E-state index contributed by atoms with van der Waals surface area (Å²) in [6, 6.07) is 0. The highest BCUT2D eigenvalue weighted by atomic mass is 16.8. The summed E-state index contributed by atoms with van der Waals surface area (Å²) in [6.45, 7) is -0.860. The summed E-state index contributed by atoms with van der Waals surface area (Å²) >= 11 is 0. The monoisotopic (exact) mass is 224 g/mol. The molecule has 5 atom stereocenters. The summed E-state index contributed by atoms with van der Waals surface area (Å²) in [5.41, 5.74) is 0. The third-order valence-electron chi connectivity index (χ3n) is 2.44. The molecule has 1 rings (SSSR count). The van der Waals surface area contributed by atoms with Crippen LogP contribution in [-0.4, -0.2) is 71.6 Å². The molecule has 1 fully saturated rings. The van der Waals surface area contributed by atoms with Crippen molar-refractivity contribution in [1.82, 2.24) is 0 Å². The van der Waals surface area contributed by atoms with Gasteiger partial charge in [-0.15, -0.1) is 0 Å². The van der Waals surface area contributed by atoms with Gasteiger partial charge in [0.15, 0.2) is 6.29 Å². The van der Waals surface area contributed by atoms with Crippen LogP contribution in [0.2, 0.25) is 0 Å². The van der Waals surface area contributed by atoms with Crippen molar-refractivity contribution in [3.8, 4) is 0 Å². The quantitative estimate of drug-likeness (QED) is 0.416. The van der Waals surface area contributed by atoms with Crippen LogP contribution in [0.5, 0.6) is 0 Å². The first-order valence-corrected chi connectivity index (χ1v) is 4.43. The lowest BCUT2D eigenvalue weighted by Crippen LogP contribution is -2.66. The molecule has 15 heavy (non-hydrogen) atoms. The Labute approximate surface area is 86.8 Å². The standard InChI is InChI=1S/C8H16O7/c1-13-5-4(10)6(11)8(12,3-9)15-7(5)14-2/h4-7,9-12H,3H2,1-2H3/t4-,5-,6+,7+,8?/m1/s1. The van der Waals surface area contributed by atoms with Gasteiger partial charge in [0.1, 0.15) is 18.3 Å². The minimum Gasteiger partial charge on any atom is -0.391 e. The van der Waals surface area contributed by atoms with Crippen LogP contribution in [0.1, 0.15) is 0 Å². The Hall–Kier alpha value is -0.280. The van der Waals surface area contributed by atoms with E-state index in [1.54, 1.807) is 0 Å². The van der Waals surface area contributed by atoms with Gasteiger partial charge in [-0.1, -0.05) is 0 Å². The molecular formula is C8H16O7. The van der Waals surface area contributed by atoms with Crippen molar-refractivity contribution < 1.29 is 34.6 Å². The van der Waals surface area contributed by atoms with E-state index in [1.807, 2.05) is 0 Å². The Morgan fingerprint density at radius 3 is 2.27 bits per heavy atom. The Balaban J connectivity index is 2.87. The lowest BCUT2D eigenvalue weighted by molar-refractivity contribution is -0.396. The molecule has 0 saturated carbocycles. The summed E-state index contributed by atoms with van der Waals surface area (Å²) in [5, 5.41) is 37.6. The maximum Gasteiger partial charge on any atom is 0.221 e. The number of hydrogen-bond acceptors (Lipinski definition) is 7. The highest BCUT2D eigenvalue weighted by molar-refractivity contribution is 4.93. The summed E-state index contributed by atoms with van der Waals surface area (Å²) in [5.74, 6) is -2.24. The average molecular weight is 224 g/mol. The van der Waals surface area contributed by atoms with Crippen LogP contribution >= 0.6 is 0 Å². The van der Waals surface area contributed by atoms with Gasteiger partial charge in [0.05, 0.1) is 6.61 Å². The Morgan fingerprint density at radius 1 is 1.27 bits per heavy atom. The molecule has 7 nitrogen and oxygen atoms in total. The van der Waals surface area contributed by atoms with Gasteiger partial charge in [0.25, 0.3) is 0 Å². The predicted molar refractivity (Wildman–Crippen MR) is 46.7 cm³/mol. The Morgan fingerprint density at radius 2 is 1.87 bits per heavy atom. The van der Waals surface area contributed by atoms with Crippen LogP contribution in [0.25, 0.3) is 0 Å². The molecule has 1 unspecified atom stereocenters. The zero-order valence-electron chi connectivity index (χ0n) is 8.53. The number of hydrogen-bond donors (Lipinski definition) is 4. The van der Waals surface area contributed by atoms with E-state index in [0.717, 1.165) is 0 Å². The molecule has 0 bridgehead atoms. The summed E-state index contributed by atoms with van der Waals surface area (Å²) in [7, 11) is 2.60. The van der Waals surface area contributed by atoms with Crippen molar-refractivity contribution >= 4 is 0 Å². The fourth-order valence-electron chi connectivity index (χ4n) is 1.51. The van der Waals surface area contributed by atoms with Crippen molar-refractivity contribution in [2.24, 2.45) is 0 Å². The fourth-order valence-corrected chi connectivity index (χ4v) is 1.51. The second-order valence-electron chi connectivity index (χ2n) is 3.36. The first-order valence-electron chi connectivity index (χ1n) is 4.43. The van der Waals surface area contributed by atoms with Gasteiger partial charge in [-0.05, 0) is 0 Å². The second-order valence-corrected chi connectivity index (χ2v) is 3.36. The molecule has 0 amide bonds. The lowest BCUT2D eigenvalue weighted by atomic mass is 9.96. The topological polar surface area (TPSA) is 109 Å². The summed E-state index contributed by atoms with van der Waals surface area (Å²) < 4.78 is 14.6. The highest BCUT2D eigenvalue weighted by Gasteiger charge is 2.53. The summed E-state index contributed by atoms with van der Waals surface area (Å²) in [4.78, 5) is 0. The highest BCUT2D eigenvalue weighted by Crippen LogP contribution is 2.29. The van der Waals surface area contributed by atoms with Crippen molar-refractivity contribution in [2.45, 2.75) is 30.4 Å². The number of aliphatic hydroxyl groups is 4. The number of ether oxygens (including phenoxy) is 3. The summed E-state index contributed by atoms with van der Waals surface area (Å²) in [6.07, 6.45) is -5.08. The van der Waals surface area contributed by atoms with E-state index in [2.05, 4.69) is 0 Å². The smallest absolute Gasteiger partial charge is 0.221 e. The van der Waals surface area contributed by atoms with Gasteiger partial charge in [-0.2, -0.15) is 0 Å². The zero-order valence-corrected chi connectivity index (χ0v) is 8.53. The van der Waals surface area contributed by atoms with Crippen molar-refractivity contribution in [2.75, 3.05) is 20.8 Å². The molecule has 0 aromatic heterocycles. The van der Waals surface area contributed by atoms with Crippen molar-refractivity contribution in [3.05, 3.63) is 0 Å². The second kappa shape index (κ2) is 4.71. The minimum atomic E-state index is -2.24. The lowest BCUT2D eigenvalue weighted by Gasteiger charge is -2.45. The van der Waals surface area contributed by atoms with Crippen LogP contribution in [-0.2, 0) is 14.2 Å². The number of methoxy groups -OCH3 is 2. The van der Waals surface area contributed by atoms with E-state index in [-0.39, 0.29) is 0 Å². The average Bonchev–Trinajstić information content (AvgIpc) is 2.25. The molecule has 4 N–H and O–H groups in total. The molecular weight excluding hydrogens is 208 g/mol. The molecule has 7 heteroatoms. The SMILES string of the molecule is CO[C@H]1OC(O)(CO)[C@@H](O)[C@H](O)[C@H]1OC. The zero-order chi connectivity index (χ0) is 11.6. The van der Waals surface area contributed by atoms with E-state index in [9.17, 15) is 15.3 Å². The normalized spacial score (nSPS) is 46.8. The fraction of sp³-hybridized carbons (Fsp3) is 1.00. The van der Waals surface area contributed by atoms with E-state index < -0.39 is 37.0 Å². The first-order chi connectivity index (χ1) is 7.00. The number of rotatable bonds is 3. The molecule has 0 aromatic carbocycles. The molecule has 1 aliphatic rings. The van der Waals surface area contributed by atoms with E-state index in [1.165, 1.54) is 14.2 Å². The van der Waals surface area contributed by atoms with Gasteiger partial charge in [-0.25, -0.2) is 0 Å². The van der Waals surface area contributed by atoms with Crippen molar-refractivity contribution in [1.29, 1.82) is 0 Å². The number of aliphatic hydroxyl groups excluding tert-OH is 3. The molecule has 0 aromatic rings. The van der Waals surface area contributed by atoms with Crippen LogP contribution in [0.15, 0.2) is 0 Å². The maximum absolute atomic E-state index is 9.62. The van der Waals surface area contributed by atoms with Crippen LogP contribution in [0.3, 0.4) is 0 Å². The molecule has 1 heterocycles. The third kappa shape index (κ3) is 2.13. The Bertz CT molecular complexity index is 207. The molecule has 90 valence electrons. The van der Waals surface area contributed by atoms with Crippen LogP contribution in [0.4, 0.5) is 0 Å².